The molecule has 0 aliphatic heterocycles. The normalized spacial score (nSPS) is 12.9. The second kappa shape index (κ2) is 9.23. The molecule has 0 saturated carbocycles. The molecular weight excluding hydrogens is 450 g/mol. The first-order valence-electron chi connectivity index (χ1n) is 11.1. The Hall–Kier alpha value is -3.78. The van der Waals surface area contributed by atoms with Crippen molar-refractivity contribution in [2.45, 2.75) is 32.2 Å². The van der Waals surface area contributed by atoms with Crippen LogP contribution in [0.25, 0.3) is 21.6 Å². The molecule has 0 saturated heterocycles. The second-order valence-electron chi connectivity index (χ2n) is 8.17. The largest absolute Gasteiger partial charge is 0.465 e. The fraction of sp³-hybridized carbons (Fsp3) is 0.231. The highest BCUT2D eigenvalue weighted by Crippen LogP contribution is 2.34. The topological polar surface area (TPSA) is 90.3 Å². The maximum atomic E-state index is 13.7. The molecule has 0 atom stereocenters. The number of aryl methyl sites for hydroxylation is 2. The maximum Gasteiger partial charge on any atom is 0.339 e. The third kappa shape index (κ3) is 4.01. The van der Waals surface area contributed by atoms with E-state index in [4.69, 9.17) is 9.72 Å². The van der Waals surface area contributed by atoms with Gasteiger partial charge in [-0.05, 0) is 43.4 Å². The minimum atomic E-state index is -0.550. The van der Waals surface area contributed by atoms with Gasteiger partial charge >= 0.3 is 5.97 Å². The van der Waals surface area contributed by atoms with Crippen molar-refractivity contribution in [2.24, 2.45) is 0 Å². The van der Waals surface area contributed by atoms with Gasteiger partial charge in [-0.25, -0.2) is 9.78 Å². The zero-order chi connectivity index (χ0) is 23.7. The summed E-state index contributed by atoms with van der Waals surface area (Å²) in [5, 5.41) is 3.39. The van der Waals surface area contributed by atoms with Crippen LogP contribution in [0.1, 0.15) is 33.6 Å². The lowest BCUT2D eigenvalue weighted by molar-refractivity contribution is -0.116. The Balaban J connectivity index is 1.58. The molecule has 5 rings (SSSR count). The zero-order valence-corrected chi connectivity index (χ0v) is 19.5. The number of esters is 1. The average molecular weight is 474 g/mol. The molecule has 2 heterocycles. The summed E-state index contributed by atoms with van der Waals surface area (Å²) in [7, 11) is 1.29. The molecular formula is C26H23N3O4S. The first-order chi connectivity index (χ1) is 16.6. The number of fused-ring (bicyclic) bond motifs is 3. The minimum absolute atomic E-state index is 0.209. The number of anilines is 1. The summed E-state index contributed by atoms with van der Waals surface area (Å²) >= 11 is 1.58. The van der Waals surface area contributed by atoms with E-state index in [-0.39, 0.29) is 17.7 Å². The SMILES string of the molecule is COC(=O)c1ccccc1NC(=O)Cn1c(-c2ccccc2)nc2sc3c(c2c1=O)CCCC3. The first-order valence-corrected chi connectivity index (χ1v) is 12.0. The van der Waals surface area contributed by atoms with Crippen molar-refractivity contribution in [3.8, 4) is 11.4 Å². The third-order valence-electron chi connectivity index (χ3n) is 6.02. The number of rotatable bonds is 5. The lowest BCUT2D eigenvalue weighted by Gasteiger charge is -2.15. The van der Waals surface area contributed by atoms with Crippen LogP contribution in [0.5, 0.6) is 0 Å². The highest BCUT2D eigenvalue weighted by atomic mass is 32.1. The van der Waals surface area contributed by atoms with Crippen LogP contribution in [-0.4, -0.2) is 28.5 Å². The maximum absolute atomic E-state index is 13.7. The number of carbonyl (C=O) groups is 2. The van der Waals surface area contributed by atoms with Gasteiger partial charge in [0.25, 0.3) is 5.56 Å². The number of hydrogen-bond donors (Lipinski definition) is 1. The smallest absolute Gasteiger partial charge is 0.339 e. The number of thiophene rings is 1. The molecule has 2 aromatic carbocycles. The van der Waals surface area contributed by atoms with Crippen LogP contribution in [0.3, 0.4) is 0 Å². The van der Waals surface area contributed by atoms with Gasteiger partial charge in [0.2, 0.25) is 5.91 Å². The van der Waals surface area contributed by atoms with E-state index in [2.05, 4.69) is 5.32 Å². The van der Waals surface area contributed by atoms with Crippen LogP contribution >= 0.6 is 11.3 Å². The summed E-state index contributed by atoms with van der Waals surface area (Å²) in [5.74, 6) is -0.528. The van der Waals surface area contributed by atoms with E-state index >= 15 is 0 Å². The average Bonchev–Trinajstić information content (AvgIpc) is 3.24. The second-order valence-corrected chi connectivity index (χ2v) is 9.25. The lowest BCUT2D eigenvalue weighted by atomic mass is 9.97. The summed E-state index contributed by atoms with van der Waals surface area (Å²) in [6, 6.07) is 16.0. The molecule has 1 aliphatic rings. The number of para-hydroxylation sites is 1. The predicted octanol–water partition coefficient (Wildman–Crippen LogP) is 4.43. The van der Waals surface area contributed by atoms with Gasteiger partial charge in [-0.3, -0.25) is 14.2 Å². The number of nitrogens with zero attached hydrogens (tertiary/aromatic N) is 2. The van der Waals surface area contributed by atoms with Gasteiger partial charge in [-0.1, -0.05) is 42.5 Å². The Morgan fingerprint density at radius 3 is 2.59 bits per heavy atom. The molecule has 1 amide bonds. The van der Waals surface area contributed by atoms with Gasteiger partial charge in [-0.15, -0.1) is 11.3 Å². The van der Waals surface area contributed by atoms with Crippen LogP contribution in [-0.2, 0) is 28.9 Å². The Labute approximate surface area is 200 Å². The quantitative estimate of drug-likeness (QED) is 0.433. The fourth-order valence-corrected chi connectivity index (χ4v) is 5.66. The highest BCUT2D eigenvalue weighted by Gasteiger charge is 2.24. The molecule has 4 aromatic rings. The monoisotopic (exact) mass is 473 g/mol. The van der Waals surface area contributed by atoms with Crippen molar-refractivity contribution in [1.29, 1.82) is 0 Å². The summed E-state index contributed by atoms with van der Waals surface area (Å²) in [5.41, 5.74) is 2.20. The molecule has 34 heavy (non-hydrogen) atoms. The molecule has 8 heteroatoms. The van der Waals surface area contributed by atoms with Gasteiger partial charge in [0, 0.05) is 10.4 Å². The van der Waals surface area contributed by atoms with Crippen LogP contribution in [0, 0.1) is 0 Å². The Morgan fingerprint density at radius 1 is 1.06 bits per heavy atom. The Morgan fingerprint density at radius 2 is 1.79 bits per heavy atom. The standard InChI is InChI=1S/C26H23N3O4S/c1-33-26(32)17-11-5-7-13-19(17)27-21(30)15-29-23(16-9-3-2-4-10-16)28-24-22(25(29)31)18-12-6-8-14-20(18)34-24/h2-5,7,9-11,13H,6,8,12,14-15H2,1H3,(H,27,30). The number of benzene rings is 2. The van der Waals surface area contributed by atoms with Gasteiger partial charge in [-0.2, -0.15) is 0 Å². The lowest BCUT2D eigenvalue weighted by Crippen LogP contribution is -2.30. The van der Waals surface area contributed by atoms with Crippen molar-refractivity contribution >= 4 is 39.1 Å². The van der Waals surface area contributed by atoms with E-state index in [1.807, 2.05) is 30.3 Å². The molecule has 0 bridgehead atoms. The van der Waals surface area contributed by atoms with Crippen LogP contribution in [0.2, 0.25) is 0 Å². The molecule has 0 spiro atoms. The summed E-state index contributed by atoms with van der Waals surface area (Å²) in [6.45, 7) is -0.230. The van der Waals surface area contributed by atoms with Crippen molar-refractivity contribution in [2.75, 3.05) is 12.4 Å². The molecule has 1 aliphatic carbocycles. The fourth-order valence-electron chi connectivity index (χ4n) is 4.41. The van der Waals surface area contributed by atoms with Crippen LogP contribution < -0.4 is 10.9 Å². The molecule has 0 unspecified atom stereocenters. The number of hydrogen-bond acceptors (Lipinski definition) is 6. The number of nitrogens with one attached hydrogen (secondary N) is 1. The number of ether oxygens (including phenoxy) is 1. The van der Waals surface area contributed by atoms with E-state index in [0.717, 1.165) is 41.6 Å². The molecule has 172 valence electrons. The van der Waals surface area contributed by atoms with E-state index < -0.39 is 11.9 Å². The van der Waals surface area contributed by atoms with Gasteiger partial charge < -0.3 is 10.1 Å². The molecule has 1 N–H and O–H groups in total. The number of amides is 1. The Kier molecular flexibility index (Phi) is 5.98. The zero-order valence-electron chi connectivity index (χ0n) is 18.7. The Bertz CT molecular complexity index is 1460. The van der Waals surface area contributed by atoms with Crippen molar-refractivity contribution in [1.82, 2.24) is 9.55 Å². The summed E-state index contributed by atoms with van der Waals surface area (Å²) in [6.07, 6.45) is 3.97. The van der Waals surface area contributed by atoms with Gasteiger partial charge in [0.1, 0.15) is 17.2 Å². The van der Waals surface area contributed by atoms with Crippen molar-refractivity contribution in [3.05, 3.63) is 81.0 Å². The summed E-state index contributed by atoms with van der Waals surface area (Å²) < 4.78 is 6.25. The number of carbonyl (C=O) groups excluding carboxylic acids is 2. The van der Waals surface area contributed by atoms with E-state index in [1.165, 1.54) is 16.6 Å². The minimum Gasteiger partial charge on any atom is -0.465 e. The molecule has 2 aromatic heterocycles. The predicted molar refractivity (Wildman–Crippen MR) is 132 cm³/mol. The highest BCUT2D eigenvalue weighted by molar-refractivity contribution is 7.18. The van der Waals surface area contributed by atoms with Crippen LogP contribution in [0.4, 0.5) is 5.69 Å². The number of methoxy groups -OCH3 is 1. The third-order valence-corrected chi connectivity index (χ3v) is 7.20. The van der Waals surface area contributed by atoms with Gasteiger partial charge in [0.15, 0.2) is 0 Å². The van der Waals surface area contributed by atoms with E-state index in [9.17, 15) is 14.4 Å². The molecule has 0 radical (unpaired) electrons. The van der Waals surface area contributed by atoms with E-state index in [0.29, 0.717) is 16.9 Å². The van der Waals surface area contributed by atoms with Crippen molar-refractivity contribution in [3.63, 3.8) is 0 Å². The number of aromatic nitrogens is 2. The van der Waals surface area contributed by atoms with Crippen LogP contribution in [0.15, 0.2) is 59.4 Å². The van der Waals surface area contributed by atoms with E-state index in [1.54, 1.807) is 35.6 Å². The van der Waals surface area contributed by atoms with Gasteiger partial charge in [0.05, 0.1) is 23.7 Å². The first kappa shape index (κ1) is 22.0. The van der Waals surface area contributed by atoms with Crippen molar-refractivity contribution < 1.29 is 14.3 Å². The molecule has 0 fully saturated rings. The summed E-state index contributed by atoms with van der Waals surface area (Å²) in [4.78, 5) is 45.7. The molecule has 7 nitrogen and oxygen atoms in total.